The van der Waals surface area contributed by atoms with E-state index in [0.717, 1.165) is 5.56 Å². The van der Waals surface area contributed by atoms with E-state index in [2.05, 4.69) is 4.74 Å². The first-order valence-electron chi connectivity index (χ1n) is 4.86. The van der Waals surface area contributed by atoms with Crippen LogP contribution in [0.3, 0.4) is 0 Å². The van der Waals surface area contributed by atoms with Crippen LogP contribution >= 0.6 is 11.6 Å². The lowest BCUT2D eigenvalue weighted by Crippen LogP contribution is -2.14. The molecule has 0 bridgehead atoms. The molecule has 0 spiro atoms. The minimum Gasteiger partial charge on any atom is -0.482 e. The topological polar surface area (TPSA) is 61.5 Å². The average Bonchev–Trinajstić information content (AvgIpc) is 2.29. The Labute approximate surface area is 99.3 Å². The van der Waals surface area contributed by atoms with Crippen LogP contribution in [0.2, 0.25) is 5.02 Å². The number of carbonyl (C=O) groups is 1. The van der Waals surface area contributed by atoms with E-state index >= 15 is 0 Å². The van der Waals surface area contributed by atoms with Gasteiger partial charge in [-0.25, -0.2) is 4.79 Å². The first kappa shape index (κ1) is 12.8. The summed E-state index contributed by atoms with van der Waals surface area (Å²) >= 11 is 6.01. The Morgan fingerprint density at radius 2 is 2.25 bits per heavy atom. The zero-order valence-electron chi connectivity index (χ0n) is 9.03. The maximum Gasteiger partial charge on any atom is 0.343 e. The van der Waals surface area contributed by atoms with Crippen molar-refractivity contribution in [3.63, 3.8) is 0 Å². The Bertz CT molecular complexity index is 368. The van der Waals surface area contributed by atoms with E-state index in [9.17, 15) is 4.79 Å². The summed E-state index contributed by atoms with van der Waals surface area (Å²) in [5.41, 5.74) is 6.29. The van der Waals surface area contributed by atoms with Gasteiger partial charge in [0.15, 0.2) is 6.61 Å². The summed E-state index contributed by atoms with van der Waals surface area (Å²) in [5, 5.41) is 0.591. The van der Waals surface area contributed by atoms with Crippen molar-refractivity contribution < 1.29 is 14.3 Å². The van der Waals surface area contributed by atoms with Crippen LogP contribution in [0.1, 0.15) is 5.56 Å². The Balaban J connectivity index is 2.78. The summed E-state index contributed by atoms with van der Waals surface area (Å²) in [6.07, 6.45) is 0.607. The Hall–Kier alpha value is -1.26. The molecule has 4 nitrogen and oxygen atoms in total. The lowest BCUT2D eigenvalue weighted by molar-refractivity contribution is -0.142. The molecule has 0 saturated heterocycles. The van der Waals surface area contributed by atoms with Gasteiger partial charge in [-0.15, -0.1) is 0 Å². The number of ether oxygens (including phenoxy) is 2. The minimum absolute atomic E-state index is 0.131. The molecule has 0 unspecified atom stereocenters. The summed E-state index contributed by atoms with van der Waals surface area (Å²) < 4.78 is 9.79. The number of hydrogen-bond acceptors (Lipinski definition) is 4. The molecule has 5 heteroatoms. The number of methoxy groups -OCH3 is 1. The predicted octanol–water partition coefficient (Wildman–Crippen LogP) is 1.39. The molecule has 0 radical (unpaired) electrons. The van der Waals surface area contributed by atoms with Crippen LogP contribution in [0.5, 0.6) is 5.75 Å². The molecule has 0 aromatic heterocycles. The number of benzene rings is 1. The predicted molar refractivity (Wildman–Crippen MR) is 61.7 cm³/mol. The number of hydrogen-bond donors (Lipinski definition) is 1. The maximum absolute atomic E-state index is 10.9. The molecule has 0 aliphatic heterocycles. The molecular weight excluding hydrogens is 230 g/mol. The van der Waals surface area contributed by atoms with Crippen LogP contribution in [0.15, 0.2) is 18.2 Å². The van der Waals surface area contributed by atoms with E-state index in [1.807, 2.05) is 0 Å². The van der Waals surface area contributed by atoms with Crippen LogP contribution in [0.4, 0.5) is 0 Å². The highest BCUT2D eigenvalue weighted by molar-refractivity contribution is 6.31. The van der Waals surface area contributed by atoms with Gasteiger partial charge in [0.25, 0.3) is 0 Å². The van der Waals surface area contributed by atoms with Crippen LogP contribution in [0.25, 0.3) is 0 Å². The largest absolute Gasteiger partial charge is 0.482 e. The lowest BCUT2D eigenvalue weighted by atomic mass is 10.1. The van der Waals surface area contributed by atoms with Gasteiger partial charge in [0.1, 0.15) is 5.75 Å². The van der Waals surface area contributed by atoms with Gasteiger partial charge in [-0.2, -0.15) is 0 Å². The van der Waals surface area contributed by atoms with Gasteiger partial charge in [-0.1, -0.05) is 17.7 Å². The second kappa shape index (κ2) is 6.35. The van der Waals surface area contributed by atoms with Crippen molar-refractivity contribution in [3.05, 3.63) is 28.8 Å². The normalized spacial score (nSPS) is 9.94. The fourth-order valence-corrected chi connectivity index (χ4v) is 1.52. The first-order chi connectivity index (χ1) is 7.69. The third-order valence-electron chi connectivity index (χ3n) is 2.04. The molecule has 1 rings (SSSR count). The number of carbonyl (C=O) groups excluding carboxylic acids is 1. The molecule has 0 amide bonds. The van der Waals surface area contributed by atoms with Crippen molar-refractivity contribution in [2.24, 2.45) is 5.73 Å². The summed E-state index contributed by atoms with van der Waals surface area (Å²) in [6, 6.07) is 5.27. The summed E-state index contributed by atoms with van der Waals surface area (Å²) in [4.78, 5) is 10.9. The second-order valence-electron chi connectivity index (χ2n) is 3.12. The smallest absolute Gasteiger partial charge is 0.343 e. The van der Waals surface area contributed by atoms with Crippen molar-refractivity contribution in [1.82, 2.24) is 0 Å². The Morgan fingerprint density at radius 1 is 1.50 bits per heavy atom. The summed E-state index contributed by atoms with van der Waals surface area (Å²) in [6.45, 7) is 0.340. The zero-order valence-corrected chi connectivity index (χ0v) is 9.79. The Morgan fingerprint density at radius 3 is 2.88 bits per heavy atom. The van der Waals surface area contributed by atoms with Crippen LogP contribution in [0, 0.1) is 0 Å². The Kier molecular flexibility index (Phi) is 5.08. The standard InChI is InChI=1S/C11H14ClNO3/c1-15-11(14)7-16-10-4-2-3-9(12)8(10)5-6-13/h2-4H,5-7,13H2,1H3. The van der Waals surface area contributed by atoms with E-state index in [1.54, 1.807) is 18.2 Å². The molecule has 1 aromatic rings. The molecule has 1 aromatic carbocycles. The number of halogens is 1. The molecule has 0 heterocycles. The SMILES string of the molecule is COC(=O)COc1cccc(Cl)c1CCN. The molecular formula is C11H14ClNO3. The molecule has 0 fully saturated rings. The highest BCUT2D eigenvalue weighted by Gasteiger charge is 2.09. The van der Waals surface area contributed by atoms with Crippen LogP contribution < -0.4 is 10.5 Å². The van der Waals surface area contributed by atoms with Crippen molar-refractivity contribution >= 4 is 17.6 Å². The first-order valence-corrected chi connectivity index (χ1v) is 5.24. The lowest BCUT2D eigenvalue weighted by Gasteiger charge is -2.11. The molecule has 0 aliphatic carbocycles. The van der Waals surface area contributed by atoms with E-state index in [-0.39, 0.29) is 6.61 Å². The second-order valence-corrected chi connectivity index (χ2v) is 3.53. The van der Waals surface area contributed by atoms with Gasteiger partial charge in [0, 0.05) is 10.6 Å². The number of rotatable bonds is 5. The number of esters is 1. The van der Waals surface area contributed by atoms with Crippen molar-refractivity contribution in [3.8, 4) is 5.75 Å². The van der Waals surface area contributed by atoms with Crippen molar-refractivity contribution in [1.29, 1.82) is 0 Å². The maximum atomic E-state index is 10.9. The molecule has 0 saturated carbocycles. The minimum atomic E-state index is -0.432. The van der Waals surface area contributed by atoms with Crippen molar-refractivity contribution in [2.45, 2.75) is 6.42 Å². The third-order valence-corrected chi connectivity index (χ3v) is 2.40. The summed E-state index contributed by atoms with van der Waals surface area (Å²) in [5.74, 6) is 0.141. The molecule has 0 aliphatic rings. The zero-order chi connectivity index (χ0) is 12.0. The molecule has 88 valence electrons. The average molecular weight is 244 g/mol. The van der Waals surface area contributed by atoms with Crippen LogP contribution in [-0.2, 0) is 16.0 Å². The van der Waals surface area contributed by atoms with Gasteiger partial charge in [0.05, 0.1) is 7.11 Å². The quantitative estimate of drug-likeness (QED) is 0.794. The van der Waals surface area contributed by atoms with Crippen molar-refractivity contribution in [2.75, 3.05) is 20.3 Å². The van der Waals surface area contributed by atoms with E-state index < -0.39 is 5.97 Å². The van der Waals surface area contributed by atoms with Crippen LogP contribution in [-0.4, -0.2) is 26.2 Å². The van der Waals surface area contributed by atoms with Gasteiger partial charge in [-0.3, -0.25) is 0 Å². The third kappa shape index (κ3) is 3.40. The molecule has 0 atom stereocenters. The van der Waals surface area contributed by atoms with Gasteiger partial charge >= 0.3 is 5.97 Å². The fraction of sp³-hybridized carbons (Fsp3) is 0.364. The fourth-order valence-electron chi connectivity index (χ4n) is 1.26. The van der Waals surface area contributed by atoms with E-state index in [0.29, 0.717) is 23.7 Å². The highest BCUT2D eigenvalue weighted by Crippen LogP contribution is 2.26. The monoisotopic (exact) mass is 243 g/mol. The highest BCUT2D eigenvalue weighted by atomic mass is 35.5. The van der Waals surface area contributed by atoms with Gasteiger partial charge < -0.3 is 15.2 Å². The van der Waals surface area contributed by atoms with E-state index in [4.69, 9.17) is 22.1 Å². The van der Waals surface area contributed by atoms with E-state index in [1.165, 1.54) is 7.11 Å². The van der Waals surface area contributed by atoms with Gasteiger partial charge in [-0.05, 0) is 25.1 Å². The van der Waals surface area contributed by atoms with Gasteiger partial charge in [0.2, 0.25) is 0 Å². The summed E-state index contributed by atoms with van der Waals surface area (Å²) in [7, 11) is 1.31. The number of nitrogens with two attached hydrogens (primary N) is 1. The molecule has 16 heavy (non-hydrogen) atoms. The molecule has 2 N–H and O–H groups in total.